The second-order valence-electron chi connectivity index (χ2n) is 4.24. The third-order valence-corrected chi connectivity index (χ3v) is 2.73. The third-order valence-electron chi connectivity index (χ3n) is 2.73. The van der Waals surface area contributed by atoms with Crippen LogP contribution in [0.5, 0.6) is 0 Å². The van der Waals surface area contributed by atoms with Crippen molar-refractivity contribution in [3.05, 3.63) is 25.3 Å². The molecule has 0 aliphatic carbocycles. The first-order chi connectivity index (χ1) is 9.55. The van der Waals surface area contributed by atoms with Crippen LogP contribution in [0.1, 0.15) is 0 Å². The molecule has 1 amide bonds. The van der Waals surface area contributed by atoms with Gasteiger partial charge < -0.3 is 24.2 Å². The van der Waals surface area contributed by atoms with Crippen LogP contribution in [0.15, 0.2) is 25.3 Å². The van der Waals surface area contributed by atoms with Gasteiger partial charge in [0.15, 0.2) is 0 Å². The Kier molecular flexibility index (Phi) is 6.20. The molecule has 1 aliphatic heterocycles. The Morgan fingerprint density at radius 2 is 2.05 bits per heavy atom. The standard InChI is InChI=1S/C13H19NO6/c1-3-6-18-10-13(11(15)16)9-14(5-8-20-13)12(17)19-7-4-2/h3-4H,1-2,5-10H2,(H,15,16). The monoisotopic (exact) mass is 285 g/mol. The summed E-state index contributed by atoms with van der Waals surface area (Å²) >= 11 is 0. The average Bonchev–Trinajstić information content (AvgIpc) is 2.45. The van der Waals surface area contributed by atoms with E-state index in [1.54, 1.807) is 0 Å². The Bertz CT molecular complexity index is 383. The highest BCUT2D eigenvalue weighted by Gasteiger charge is 2.46. The Morgan fingerprint density at radius 3 is 2.65 bits per heavy atom. The van der Waals surface area contributed by atoms with Crippen molar-refractivity contribution in [2.45, 2.75) is 5.60 Å². The molecule has 0 radical (unpaired) electrons. The summed E-state index contributed by atoms with van der Waals surface area (Å²) in [6.45, 7) is 7.28. The largest absolute Gasteiger partial charge is 0.479 e. The molecule has 0 saturated carbocycles. The van der Waals surface area contributed by atoms with Gasteiger partial charge in [0.2, 0.25) is 5.60 Å². The van der Waals surface area contributed by atoms with Crippen molar-refractivity contribution in [3.63, 3.8) is 0 Å². The summed E-state index contributed by atoms with van der Waals surface area (Å²) in [5.74, 6) is -1.18. The molecule has 7 nitrogen and oxygen atoms in total. The lowest BCUT2D eigenvalue weighted by molar-refractivity contribution is -0.186. The number of aliphatic carboxylic acids is 1. The van der Waals surface area contributed by atoms with E-state index in [-0.39, 0.29) is 39.5 Å². The summed E-state index contributed by atoms with van der Waals surface area (Å²) in [6.07, 6.45) is 2.35. The van der Waals surface area contributed by atoms with E-state index in [1.807, 2.05) is 0 Å². The molecule has 0 aromatic heterocycles. The van der Waals surface area contributed by atoms with E-state index in [9.17, 15) is 14.7 Å². The number of carboxylic acids is 1. The zero-order valence-electron chi connectivity index (χ0n) is 11.2. The lowest BCUT2D eigenvalue weighted by Gasteiger charge is -2.38. The topological polar surface area (TPSA) is 85.3 Å². The van der Waals surface area contributed by atoms with Gasteiger partial charge in [-0.15, -0.1) is 6.58 Å². The third kappa shape index (κ3) is 4.07. The predicted octanol–water partition coefficient (Wildman–Crippen LogP) is 0.667. The van der Waals surface area contributed by atoms with Gasteiger partial charge in [-0.25, -0.2) is 9.59 Å². The fourth-order valence-electron chi connectivity index (χ4n) is 1.75. The first-order valence-corrected chi connectivity index (χ1v) is 6.14. The summed E-state index contributed by atoms with van der Waals surface area (Å²) < 4.78 is 15.4. The van der Waals surface area contributed by atoms with E-state index in [0.717, 1.165) is 0 Å². The van der Waals surface area contributed by atoms with Gasteiger partial charge >= 0.3 is 12.1 Å². The van der Waals surface area contributed by atoms with Gasteiger partial charge in [-0.3, -0.25) is 0 Å². The normalized spacial score (nSPS) is 22.1. The van der Waals surface area contributed by atoms with Crippen LogP contribution in [0.4, 0.5) is 4.79 Å². The zero-order valence-corrected chi connectivity index (χ0v) is 11.2. The van der Waals surface area contributed by atoms with Crippen LogP contribution >= 0.6 is 0 Å². The highest BCUT2D eigenvalue weighted by Crippen LogP contribution is 2.20. The van der Waals surface area contributed by atoms with E-state index in [4.69, 9.17) is 14.2 Å². The summed E-state index contributed by atoms with van der Waals surface area (Å²) in [6, 6.07) is 0. The second kappa shape index (κ2) is 7.66. The quantitative estimate of drug-likeness (QED) is 0.546. The van der Waals surface area contributed by atoms with Gasteiger partial charge in [-0.1, -0.05) is 18.7 Å². The molecule has 1 aliphatic rings. The molecule has 1 N–H and O–H groups in total. The number of carbonyl (C=O) groups is 2. The van der Waals surface area contributed by atoms with E-state index in [2.05, 4.69) is 13.2 Å². The van der Waals surface area contributed by atoms with Crippen molar-refractivity contribution in [1.82, 2.24) is 4.90 Å². The minimum Gasteiger partial charge on any atom is -0.479 e. The molecular formula is C13H19NO6. The molecule has 1 saturated heterocycles. The maximum absolute atomic E-state index is 11.7. The van der Waals surface area contributed by atoms with Crippen LogP contribution in [-0.2, 0) is 19.0 Å². The number of ether oxygens (including phenoxy) is 3. The van der Waals surface area contributed by atoms with Crippen molar-refractivity contribution in [2.75, 3.05) is 39.5 Å². The molecule has 0 spiro atoms. The Balaban J connectivity index is 2.70. The molecule has 1 atom stereocenters. The number of carboxylic acid groups (broad SMARTS) is 1. The van der Waals surface area contributed by atoms with Gasteiger partial charge in [0.05, 0.1) is 26.4 Å². The maximum Gasteiger partial charge on any atom is 0.410 e. The molecule has 7 heteroatoms. The highest BCUT2D eigenvalue weighted by atomic mass is 16.6. The fourth-order valence-corrected chi connectivity index (χ4v) is 1.75. The molecule has 1 unspecified atom stereocenters. The van der Waals surface area contributed by atoms with Crippen LogP contribution in [-0.4, -0.2) is 67.2 Å². The van der Waals surface area contributed by atoms with E-state index in [1.165, 1.54) is 17.1 Å². The smallest absolute Gasteiger partial charge is 0.410 e. The summed E-state index contributed by atoms with van der Waals surface area (Å²) in [5.41, 5.74) is -1.57. The minimum absolute atomic E-state index is 0.0726. The molecule has 1 heterocycles. The summed E-state index contributed by atoms with van der Waals surface area (Å²) in [7, 11) is 0. The summed E-state index contributed by atoms with van der Waals surface area (Å²) in [5, 5.41) is 9.34. The van der Waals surface area contributed by atoms with E-state index >= 15 is 0 Å². The molecule has 0 bridgehead atoms. The zero-order chi connectivity index (χ0) is 15.0. The first kappa shape index (κ1) is 16.2. The van der Waals surface area contributed by atoms with Crippen molar-refractivity contribution >= 4 is 12.1 Å². The number of hydrogen-bond acceptors (Lipinski definition) is 5. The lowest BCUT2D eigenvalue weighted by Crippen LogP contribution is -2.60. The molecule has 1 fully saturated rings. The number of hydrogen-bond donors (Lipinski definition) is 1. The molecule has 112 valence electrons. The van der Waals surface area contributed by atoms with Crippen LogP contribution in [0.2, 0.25) is 0 Å². The van der Waals surface area contributed by atoms with Gasteiger partial charge in [-0.05, 0) is 0 Å². The number of morpholine rings is 1. The van der Waals surface area contributed by atoms with Crippen LogP contribution in [0.3, 0.4) is 0 Å². The van der Waals surface area contributed by atoms with E-state index in [0.29, 0.717) is 0 Å². The fraction of sp³-hybridized carbons (Fsp3) is 0.538. The Morgan fingerprint density at radius 1 is 1.35 bits per heavy atom. The van der Waals surface area contributed by atoms with Crippen LogP contribution < -0.4 is 0 Å². The maximum atomic E-state index is 11.7. The Labute approximate surface area is 117 Å². The number of nitrogens with zero attached hydrogens (tertiary/aromatic N) is 1. The Hall–Kier alpha value is -1.86. The second-order valence-corrected chi connectivity index (χ2v) is 4.24. The van der Waals surface area contributed by atoms with Crippen molar-refractivity contribution < 1.29 is 28.9 Å². The van der Waals surface area contributed by atoms with Gasteiger partial charge in [0.1, 0.15) is 6.61 Å². The first-order valence-electron chi connectivity index (χ1n) is 6.14. The molecule has 0 aromatic carbocycles. The SMILES string of the molecule is C=CCOCC1(C(=O)O)CN(C(=O)OCC=C)CCO1. The van der Waals surface area contributed by atoms with Crippen LogP contribution in [0.25, 0.3) is 0 Å². The predicted molar refractivity (Wildman–Crippen MR) is 70.5 cm³/mol. The highest BCUT2D eigenvalue weighted by molar-refractivity contribution is 5.79. The lowest BCUT2D eigenvalue weighted by atomic mass is 10.0. The van der Waals surface area contributed by atoms with Gasteiger partial charge in [0, 0.05) is 6.54 Å². The molecule has 1 rings (SSSR count). The minimum atomic E-state index is -1.57. The summed E-state index contributed by atoms with van der Waals surface area (Å²) in [4.78, 5) is 24.5. The van der Waals surface area contributed by atoms with Gasteiger partial charge in [0.25, 0.3) is 0 Å². The molecular weight excluding hydrogens is 266 g/mol. The van der Waals surface area contributed by atoms with Crippen molar-refractivity contribution in [1.29, 1.82) is 0 Å². The van der Waals surface area contributed by atoms with Crippen LogP contribution in [0, 0.1) is 0 Å². The number of amides is 1. The van der Waals surface area contributed by atoms with E-state index < -0.39 is 17.7 Å². The van der Waals surface area contributed by atoms with Crippen molar-refractivity contribution in [3.8, 4) is 0 Å². The van der Waals surface area contributed by atoms with Crippen molar-refractivity contribution in [2.24, 2.45) is 0 Å². The molecule has 0 aromatic rings. The van der Waals surface area contributed by atoms with Gasteiger partial charge in [-0.2, -0.15) is 0 Å². The average molecular weight is 285 g/mol. The molecule has 20 heavy (non-hydrogen) atoms. The number of rotatable bonds is 7. The number of carbonyl (C=O) groups excluding carboxylic acids is 1.